The number of carbonyl (C=O) groups excluding carboxylic acids is 1. The molecule has 0 bridgehead atoms. The lowest BCUT2D eigenvalue weighted by Crippen LogP contribution is -2.13. The fourth-order valence-corrected chi connectivity index (χ4v) is 2.61. The molecule has 4 heteroatoms. The van der Waals surface area contributed by atoms with Crippen molar-refractivity contribution in [3.05, 3.63) is 0 Å². The van der Waals surface area contributed by atoms with E-state index in [2.05, 4.69) is 0 Å². The van der Waals surface area contributed by atoms with E-state index in [9.17, 15) is 4.79 Å². The molecule has 3 nitrogen and oxygen atoms in total. The first-order valence-corrected chi connectivity index (χ1v) is 4.65. The molecule has 9 heavy (non-hydrogen) atoms. The van der Waals surface area contributed by atoms with Crippen molar-refractivity contribution in [3.8, 4) is 0 Å². The molecule has 0 amide bonds. The Morgan fingerprint density at radius 3 is 2.44 bits per heavy atom. The minimum atomic E-state index is -2.51. The lowest BCUT2D eigenvalue weighted by atomic mass is 10.3. The zero-order valence-electron chi connectivity index (χ0n) is 4.99. The first-order chi connectivity index (χ1) is 4.17. The van der Waals surface area contributed by atoms with E-state index in [1.165, 1.54) is 0 Å². The van der Waals surface area contributed by atoms with Gasteiger partial charge in [0.25, 0.3) is 0 Å². The molecule has 1 unspecified atom stereocenters. The lowest BCUT2D eigenvalue weighted by Gasteiger charge is -2.30. The summed E-state index contributed by atoms with van der Waals surface area (Å²) in [5, 5.41) is -0.475. The predicted molar refractivity (Wildman–Crippen MR) is 36.8 cm³/mol. The zero-order chi connectivity index (χ0) is 6.91. The van der Waals surface area contributed by atoms with E-state index in [1.807, 2.05) is 0 Å². The van der Waals surface area contributed by atoms with Crippen molar-refractivity contribution in [2.45, 2.75) is 18.1 Å². The third-order valence-corrected chi connectivity index (χ3v) is 3.78. The topological polar surface area (TPSA) is 57.5 Å². The van der Waals surface area contributed by atoms with Crippen molar-refractivity contribution in [1.82, 2.24) is 0 Å². The van der Waals surface area contributed by atoms with Crippen LogP contribution in [0.1, 0.15) is 12.8 Å². The van der Waals surface area contributed by atoms with Gasteiger partial charge in [0.05, 0.1) is 0 Å². The molecule has 1 fully saturated rings. The third-order valence-electron chi connectivity index (χ3n) is 1.57. The van der Waals surface area contributed by atoms with Crippen LogP contribution in [0.3, 0.4) is 0 Å². The molecule has 1 rings (SSSR count). The maximum Gasteiger partial charge on any atom is 0.142 e. The summed E-state index contributed by atoms with van der Waals surface area (Å²) >= 11 is 0. The number of hydrogen-bond donors (Lipinski definition) is 2. The van der Waals surface area contributed by atoms with Gasteiger partial charge in [-0.05, 0) is 12.8 Å². The molecule has 0 aromatic heterocycles. The molecule has 0 radical (unpaired) electrons. The predicted octanol–water partition coefficient (Wildman–Crippen LogP) is 1.10. The summed E-state index contributed by atoms with van der Waals surface area (Å²) in [4.78, 5) is 10.1. The summed E-state index contributed by atoms with van der Waals surface area (Å²) in [6, 6.07) is 0. The van der Waals surface area contributed by atoms with Crippen LogP contribution in [0.25, 0.3) is 0 Å². The smallest absolute Gasteiger partial charge is 0.142 e. The Hall–Kier alpha value is -0.0600. The molecule has 1 aliphatic heterocycles. The Kier molecular flexibility index (Phi) is 1.79. The molecule has 1 aliphatic rings. The molecule has 1 saturated heterocycles. The van der Waals surface area contributed by atoms with Crippen molar-refractivity contribution >= 4 is 16.9 Å². The van der Waals surface area contributed by atoms with E-state index >= 15 is 0 Å². The molecule has 0 aromatic carbocycles. The van der Waals surface area contributed by atoms with Gasteiger partial charge in [-0.1, -0.05) is 0 Å². The van der Waals surface area contributed by atoms with Crippen LogP contribution in [-0.4, -0.2) is 26.4 Å². The minimum absolute atomic E-state index is 0.413. The third kappa shape index (κ3) is 1.26. The van der Waals surface area contributed by atoms with Crippen LogP contribution in [0.5, 0.6) is 0 Å². The Bertz CT molecular complexity index is 123. The monoisotopic (exact) mass is 150 g/mol. The van der Waals surface area contributed by atoms with Gasteiger partial charge in [-0.15, -0.1) is 0 Å². The highest BCUT2D eigenvalue weighted by atomic mass is 32.3. The average Bonchev–Trinajstić information content (AvgIpc) is 2.08. The molecule has 1 heterocycles. The first-order valence-electron chi connectivity index (χ1n) is 2.87. The molecule has 0 spiro atoms. The quantitative estimate of drug-likeness (QED) is 0.550. The minimum Gasteiger partial charge on any atom is -0.301 e. The number of rotatable bonds is 1. The Morgan fingerprint density at radius 1 is 1.56 bits per heavy atom. The Balaban J connectivity index is 2.62. The van der Waals surface area contributed by atoms with Crippen LogP contribution in [0.15, 0.2) is 0 Å². The largest absolute Gasteiger partial charge is 0.301 e. The van der Waals surface area contributed by atoms with Crippen LogP contribution in [0.4, 0.5) is 0 Å². The van der Waals surface area contributed by atoms with E-state index in [-0.39, 0.29) is 0 Å². The summed E-state index contributed by atoms with van der Waals surface area (Å²) in [7, 11) is -2.51. The van der Waals surface area contributed by atoms with Crippen molar-refractivity contribution < 1.29 is 13.9 Å². The molecular formula is C5H10O3S. The maximum absolute atomic E-state index is 10.1. The average molecular weight is 150 g/mol. The van der Waals surface area contributed by atoms with Crippen LogP contribution in [-0.2, 0) is 4.79 Å². The molecule has 1 atom stereocenters. The van der Waals surface area contributed by atoms with Crippen molar-refractivity contribution in [2.75, 3.05) is 5.75 Å². The first kappa shape index (κ1) is 7.05. The Labute approximate surface area is 55.4 Å². The van der Waals surface area contributed by atoms with E-state index < -0.39 is 15.8 Å². The number of aldehydes is 1. The van der Waals surface area contributed by atoms with Gasteiger partial charge in [-0.3, -0.25) is 9.11 Å². The summed E-state index contributed by atoms with van der Waals surface area (Å²) in [6.07, 6.45) is 2.07. The second-order valence-electron chi connectivity index (χ2n) is 2.24. The number of hydrogen-bond acceptors (Lipinski definition) is 3. The van der Waals surface area contributed by atoms with Gasteiger partial charge in [0.2, 0.25) is 0 Å². The van der Waals surface area contributed by atoms with Crippen molar-refractivity contribution in [3.63, 3.8) is 0 Å². The van der Waals surface area contributed by atoms with E-state index in [0.29, 0.717) is 18.5 Å². The summed E-state index contributed by atoms with van der Waals surface area (Å²) in [6.45, 7) is 0. The van der Waals surface area contributed by atoms with Gasteiger partial charge in [0.15, 0.2) is 0 Å². The van der Waals surface area contributed by atoms with Gasteiger partial charge in [-0.2, -0.15) is 10.6 Å². The summed E-state index contributed by atoms with van der Waals surface area (Å²) in [5.41, 5.74) is 0. The van der Waals surface area contributed by atoms with Gasteiger partial charge in [-0.25, -0.2) is 0 Å². The molecule has 0 aromatic rings. The van der Waals surface area contributed by atoms with Crippen molar-refractivity contribution in [1.29, 1.82) is 0 Å². The van der Waals surface area contributed by atoms with Gasteiger partial charge in [0.1, 0.15) is 11.5 Å². The van der Waals surface area contributed by atoms with Crippen LogP contribution >= 0.6 is 10.6 Å². The SMILES string of the molecule is O=CC1CCCS1(O)O. The molecular weight excluding hydrogens is 140 g/mol. The highest BCUT2D eigenvalue weighted by molar-refractivity contribution is 8.25. The van der Waals surface area contributed by atoms with E-state index in [1.54, 1.807) is 0 Å². The van der Waals surface area contributed by atoms with Gasteiger partial charge in [0, 0.05) is 5.75 Å². The van der Waals surface area contributed by atoms with Crippen LogP contribution in [0.2, 0.25) is 0 Å². The summed E-state index contributed by atoms with van der Waals surface area (Å²) < 4.78 is 18.1. The molecule has 2 N–H and O–H groups in total. The molecule has 54 valence electrons. The fourth-order valence-electron chi connectivity index (χ4n) is 0.994. The highest BCUT2D eigenvalue weighted by Gasteiger charge is 2.30. The molecule has 0 aliphatic carbocycles. The second kappa shape index (κ2) is 2.28. The summed E-state index contributed by atoms with van der Waals surface area (Å²) in [5.74, 6) is 0.413. The van der Waals surface area contributed by atoms with Gasteiger partial charge < -0.3 is 4.79 Å². The van der Waals surface area contributed by atoms with Crippen LogP contribution < -0.4 is 0 Å². The van der Waals surface area contributed by atoms with Crippen molar-refractivity contribution in [2.24, 2.45) is 0 Å². The molecule has 0 saturated carbocycles. The van der Waals surface area contributed by atoms with E-state index in [4.69, 9.17) is 9.11 Å². The normalized spacial score (nSPS) is 36.0. The van der Waals surface area contributed by atoms with Crippen LogP contribution in [0, 0.1) is 0 Å². The lowest BCUT2D eigenvalue weighted by molar-refractivity contribution is -0.107. The highest BCUT2D eigenvalue weighted by Crippen LogP contribution is 2.51. The van der Waals surface area contributed by atoms with Gasteiger partial charge >= 0.3 is 0 Å². The second-order valence-corrected chi connectivity index (χ2v) is 4.69. The zero-order valence-corrected chi connectivity index (χ0v) is 5.80. The number of carbonyl (C=O) groups is 1. The standard InChI is InChI=1S/C5H10O3S/c6-4-5-2-1-3-9(5,7)8/h4-5,7-8H,1-3H2. The van der Waals surface area contributed by atoms with E-state index in [0.717, 1.165) is 6.42 Å². The maximum atomic E-state index is 10.1. The fraction of sp³-hybridized carbons (Fsp3) is 0.800. The Morgan fingerprint density at radius 2 is 2.22 bits per heavy atom.